The van der Waals surface area contributed by atoms with E-state index in [0.717, 1.165) is 44.3 Å². The van der Waals surface area contributed by atoms with Crippen molar-refractivity contribution in [3.63, 3.8) is 0 Å². The number of nitrogens with zero attached hydrogens (tertiary/aromatic N) is 2. The Morgan fingerprint density at radius 3 is 1.89 bits per heavy atom. The Kier molecular flexibility index (Phi) is 10.7. The molecule has 62 heavy (non-hydrogen) atoms. The predicted octanol–water partition coefficient (Wildman–Crippen LogP) is 11.7. The molecule has 1 atom stereocenters. The lowest BCUT2D eigenvalue weighted by atomic mass is 9.72. The van der Waals surface area contributed by atoms with Gasteiger partial charge in [-0.1, -0.05) is 135 Å². The molecule has 0 saturated carbocycles. The van der Waals surface area contributed by atoms with E-state index in [1.165, 1.54) is 38.2 Å². The van der Waals surface area contributed by atoms with E-state index in [1.807, 2.05) is 25.1 Å². The number of rotatable bonds is 14. The summed E-state index contributed by atoms with van der Waals surface area (Å²) in [7, 11) is 0. The van der Waals surface area contributed by atoms with Gasteiger partial charge in [0.15, 0.2) is 12.3 Å². The molecule has 0 aromatic heterocycles. The van der Waals surface area contributed by atoms with E-state index < -0.39 is 16.8 Å². The number of carboxylic acid groups (broad SMARTS) is 1. The van der Waals surface area contributed by atoms with Gasteiger partial charge in [-0.2, -0.15) is 4.58 Å². The second-order valence-electron chi connectivity index (χ2n) is 16.9. The smallest absolute Gasteiger partial charge is 0.309 e. The highest BCUT2D eigenvalue weighted by atomic mass is 16.5. The van der Waals surface area contributed by atoms with Crippen LogP contribution in [0.3, 0.4) is 0 Å². The summed E-state index contributed by atoms with van der Waals surface area (Å²) in [5.41, 5.74) is 6.90. The van der Waals surface area contributed by atoms with Crippen molar-refractivity contribution >= 4 is 72.6 Å². The molecule has 7 aromatic rings. The van der Waals surface area contributed by atoms with Crippen molar-refractivity contribution in [1.82, 2.24) is 0 Å². The summed E-state index contributed by atoms with van der Waals surface area (Å²) >= 11 is 0. The maximum absolute atomic E-state index is 12.3. The van der Waals surface area contributed by atoms with E-state index in [9.17, 15) is 14.7 Å². The van der Waals surface area contributed by atoms with Gasteiger partial charge in [0.25, 0.3) is 6.47 Å². The first kappa shape index (κ1) is 40.4. The molecular formula is C55H51N2O5+. The van der Waals surface area contributed by atoms with Crippen LogP contribution in [-0.2, 0) is 36.3 Å². The fraction of sp³-hybridized carbons (Fsp3) is 0.218. The third kappa shape index (κ3) is 6.82. The third-order valence-corrected chi connectivity index (χ3v) is 12.9. The molecule has 0 spiro atoms. The van der Waals surface area contributed by atoms with Gasteiger partial charge in [-0.05, 0) is 88.0 Å². The molecule has 7 nitrogen and oxygen atoms in total. The van der Waals surface area contributed by atoms with Crippen molar-refractivity contribution < 1.29 is 28.7 Å². The van der Waals surface area contributed by atoms with Gasteiger partial charge in [0.1, 0.15) is 18.8 Å². The topological polar surface area (TPSA) is 79.1 Å². The van der Waals surface area contributed by atoms with E-state index in [2.05, 4.69) is 164 Å². The number of aliphatic carboxylic acids is 1. The quantitative estimate of drug-likeness (QED) is 0.0294. The highest BCUT2D eigenvalue weighted by molar-refractivity contribution is 6.19. The van der Waals surface area contributed by atoms with Crippen molar-refractivity contribution in [2.24, 2.45) is 0 Å². The van der Waals surface area contributed by atoms with Gasteiger partial charge < -0.3 is 19.5 Å². The molecule has 7 aromatic carbocycles. The average molecular weight is 820 g/mol. The third-order valence-electron chi connectivity index (χ3n) is 12.9. The molecule has 2 aliphatic rings. The standard InChI is InChI=1S/C55H50N2O5/c1-5-62-38(27-29-47-54(2,3)50-43-23-13-9-19-39(43)41-21-11-15-25-45(41)52(50)57(47)33-34-61-36-58)28-30-48-55(4,35-37-17-7-6-8-18-37)51-44-24-14-10-20-40(44)42-22-12-16-26-46(42)53(51)56(48)32-31-49(59)60/h6-30,36H,5,31-35H2,1-4H3/p+1. The maximum atomic E-state index is 12.3. The molecule has 1 N–H and O–H groups in total. The van der Waals surface area contributed by atoms with Crippen molar-refractivity contribution in [2.75, 3.05) is 31.2 Å². The molecular weight excluding hydrogens is 769 g/mol. The van der Waals surface area contributed by atoms with Crippen LogP contribution in [0.25, 0.3) is 43.1 Å². The summed E-state index contributed by atoms with van der Waals surface area (Å²) in [5.74, 6) is -0.175. The van der Waals surface area contributed by atoms with E-state index >= 15 is 0 Å². The highest BCUT2D eigenvalue weighted by Gasteiger charge is 2.50. The summed E-state index contributed by atoms with van der Waals surface area (Å²) in [6, 6.07) is 44.8. The summed E-state index contributed by atoms with van der Waals surface area (Å²) in [5, 5.41) is 19.4. The van der Waals surface area contributed by atoms with Crippen LogP contribution in [0, 0.1) is 0 Å². The number of carboxylic acids is 1. The monoisotopic (exact) mass is 819 g/mol. The zero-order valence-corrected chi connectivity index (χ0v) is 35.7. The first-order valence-electron chi connectivity index (χ1n) is 21.5. The largest absolute Gasteiger partial charge is 0.494 e. The fourth-order valence-corrected chi connectivity index (χ4v) is 10.4. The summed E-state index contributed by atoms with van der Waals surface area (Å²) in [4.78, 5) is 26.1. The lowest BCUT2D eigenvalue weighted by Gasteiger charge is -2.27. The van der Waals surface area contributed by atoms with Crippen molar-refractivity contribution in [1.29, 1.82) is 0 Å². The SMILES string of the molecule is CCOC(=C\C=C1/N(CCOC=O)c2c(c3ccccc3c3ccccc23)C1(C)C)/C=C/C1=[N+](CCC(=O)O)c2c(c3ccccc3c3ccccc23)C1(C)Cc1ccccc1. The van der Waals surface area contributed by atoms with E-state index in [0.29, 0.717) is 38.3 Å². The minimum atomic E-state index is -0.845. The van der Waals surface area contributed by atoms with Gasteiger partial charge in [0, 0.05) is 28.1 Å². The van der Waals surface area contributed by atoms with Crippen LogP contribution in [-0.4, -0.2) is 54.1 Å². The molecule has 0 bridgehead atoms. The Balaban J connectivity index is 1.24. The fourth-order valence-electron chi connectivity index (χ4n) is 10.4. The Morgan fingerprint density at radius 1 is 0.726 bits per heavy atom. The second-order valence-corrected chi connectivity index (χ2v) is 16.9. The lowest BCUT2D eigenvalue weighted by Crippen LogP contribution is -2.34. The molecule has 0 amide bonds. The van der Waals surface area contributed by atoms with E-state index in [1.54, 1.807) is 0 Å². The molecule has 0 fully saturated rings. The number of carbonyl (C=O) groups excluding carboxylic acids is 1. The van der Waals surface area contributed by atoms with Gasteiger partial charge in [-0.15, -0.1) is 0 Å². The van der Waals surface area contributed by atoms with Gasteiger partial charge in [0.05, 0.1) is 29.6 Å². The van der Waals surface area contributed by atoms with Crippen LogP contribution in [0.5, 0.6) is 0 Å². The van der Waals surface area contributed by atoms with Crippen LogP contribution in [0.15, 0.2) is 163 Å². The number of fused-ring (bicyclic) bond motifs is 12. The Morgan fingerprint density at radius 2 is 1.27 bits per heavy atom. The Labute approximate surface area is 362 Å². The zero-order valence-electron chi connectivity index (χ0n) is 35.7. The van der Waals surface area contributed by atoms with Crippen LogP contribution in [0.2, 0.25) is 0 Å². The second kappa shape index (κ2) is 16.5. The minimum absolute atomic E-state index is 0.0255. The van der Waals surface area contributed by atoms with Gasteiger partial charge in [0.2, 0.25) is 5.69 Å². The maximum Gasteiger partial charge on any atom is 0.309 e. The molecule has 0 aliphatic carbocycles. The molecule has 2 heterocycles. The molecule has 0 radical (unpaired) electrons. The van der Waals surface area contributed by atoms with E-state index in [-0.39, 0.29) is 13.0 Å². The summed E-state index contributed by atoms with van der Waals surface area (Å²) < 4.78 is 14.0. The van der Waals surface area contributed by atoms with Crippen molar-refractivity contribution in [2.45, 2.75) is 51.4 Å². The molecule has 0 saturated heterocycles. The molecule has 310 valence electrons. The van der Waals surface area contributed by atoms with Gasteiger partial charge in [-0.3, -0.25) is 9.59 Å². The van der Waals surface area contributed by atoms with Crippen LogP contribution in [0.1, 0.15) is 50.8 Å². The molecule has 1 unspecified atom stereocenters. The first-order valence-corrected chi connectivity index (χ1v) is 21.5. The summed E-state index contributed by atoms with van der Waals surface area (Å²) in [6.45, 7) is 10.8. The van der Waals surface area contributed by atoms with Crippen LogP contribution < -0.4 is 4.90 Å². The van der Waals surface area contributed by atoms with Gasteiger partial charge in [-0.25, -0.2) is 0 Å². The van der Waals surface area contributed by atoms with Crippen LogP contribution in [0.4, 0.5) is 11.4 Å². The average Bonchev–Trinajstić information content (AvgIpc) is 3.66. The first-order chi connectivity index (χ1) is 30.2. The number of allylic oxidation sites excluding steroid dienone is 5. The highest BCUT2D eigenvalue weighted by Crippen LogP contribution is 2.55. The van der Waals surface area contributed by atoms with Gasteiger partial charge >= 0.3 is 5.97 Å². The number of ether oxygens (including phenoxy) is 2. The molecule has 7 heteroatoms. The molecule has 9 rings (SSSR count). The minimum Gasteiger partial charge on any atom is -0.494 e. The zero-order chi connectivity index (χ0) is 43.0. The van der Waals surface area contributed by atoms with Crippen molar-refractivity contribution in [3.8, 4) is 0 Å². The Hall–Kier alpha value is -6.99. The number of benzene rings is 7. The number of carbonyl (C=O) groups is 2. The number of anilines is 1. The number of hydrogen-bond acceptors (Lipinski definition) is 5. The normalized spacial score (nSPS) is 17.8. The number of hydrogen-bond donors (Lipinski definition) is 1. The Bertz CT molecular complexity index is 3030. The van der Waals surface area contributed by atoms with Crippen LogP contribution >= 0.6 is 0 Å². The van der Waals surface area contributed by atoms with Crippen molar-refractivity contribution in [3.05, 3.63) is 180 Å². The summed E-state index contributed by atoms with van der Waals surface area (Å²) in [6.07, 6.45) is 9.08. The molecule has 2 aliphatic heterocycles. The lowest BCUT2D eigenvalue weighted by molar-refractivity contribution is -0.435. The predicted molar refractivity (Wildman–Crippen MR) is 252 cm³/mol. The van der Waals surface area contributed by atoms with E-state index in [4.69, 9.17) is 9.47 Å².